The molecule has 4 heteroatoms. The molecule has 0 spiro atoms. The summed E-state index contributed by atoms with van der Waals surface area (Å²) < 4.78 is 0. The number of amides is 1. The van der Waals surface area contributed by atoms with Crippen LogP contribution in [0.15, 0.2) is 0 Å². The molecule has 0 aromatic heterocycles. The molecule has 9 heavy (non-hydrogen) atoms. The first kappa shape index (κ1) is 8.78. The van der Waals surface area contributed by atoms with Crippen LogP contribution in [0.25, 0.3) is 0 Å². The van der Waals surface area contributed by atoms with Crippen LogP contribution in [0, 0.1) is 0 Å². The Morgan fingerprint density at radius 1 is 1.67 bits per heavy atom. The van der Waals surface area contributed by atoms with Gasteiger partial charge in [-0.3, -0.25) is 4.79 Å². The molecule has 0 saturated carbocycles. The second-order valence-corrected chi connectivity index (χ2v) is 2.02. The molecule has 3 nitrogen and oxygen atoms in total. The lowest BCUT2D eigenvalue weighted by molar-refractivity contribution is -0.119. The topological polar surface area (TPSA) is 41.1 Å². The SMILES string of the molecule is CNC(=O)CNCCS. The minimum atomic E-state index is 0.0109. The predicted octanol–water partition coefficient (Wildman–Crippen LogP) is -0.748. The smallest absolute Gasteiger partial charge is 0.233 e. The summed E-state index contributed by atoms with van der Waals surface area (Å²) >= 11 is 3.96. The van der Waals surface area contributed by atoms with Crippen molar-refractivity contribution in [3.63, 3.8) is 0 Å². The summed E-state index contributed by atoms with van der Waals surface area (Å²) in [5, 5.41) is 5.39. The summed E-state index contributed by atoms with van der Waals surface area (Å²) in [5.74, 6) is 0.772. The van der Waals surface area contributed by atoms with E-state index in [1.165, 1.54) is 0 Å². The van der Waals surface area contributed by atoms with Crippen molar-refractivity contribution >= 4 is 18.5 Å². The molecule has 0 rings (SSSR count). The zero-order valence-corrected chi connectivity index (χ0v) is 6.37. The zero-order valence-electron chi connectivity index (χ0n) is 5.48. The van der Waals surface area contributed by atoms with Crippen LogP contribution in [0.5, 0.6) is 0 Å². The van der Waals surface area contributed by atoms with Gasteiger partial charge in [-0.05, 0) is 0 Å². The van der Waals surface area contributed by atoms with Gasteiger partial charge in [0.15, 0.2) is 0 Å². The highest BCUT2D eigenvalue weighted by Crippen LogP contribution is 1.67. The van der Waals surface area contributed by atoms with Gasteiger partial charge in [-0.25, -0.2) is 0 Å². The van der Waals surface area contributed by atoms with Gasteiger partial charge in [-0.1, -0.05) is 0 Å². The maximum atomic E-state index is 10.5. The fraction of sp³-hybridized carbons (Fsp3) is 0.800. The molecule has 0 aliphatic carbocycles. The molecule has 54 valence electrons. The Kier molecular flexibility index (Phi) is 5.76. The predicted molar refractivity (Wildman–Crippen MR) is 40.8 cm³/mol. The van der Waals surface area contributed by atoms with Gasteiger partial charge in [0.1, 0.15) is 0 Å². The number of carbonyl (C=O) groups excluding carboxylic acids is 1. The molecule has 0 aliphatic heterocycles. The lowest BCUT2D eigenvalue weighted by Crippen LogP contribution is -2.32. The van der Waals surface area contributed by atoms with E-state index in [4.69, 9.17) is 0 Å². The van der Waals surface area contributed by atoms with Crippen molar-refractivity contribution in [2.45, 2.75) is 0 Å². The molecule has 0 unspecified atom stereocenters. The maximum Gasteiger partial charge on any atom is 0.233 e. The van der Waals surface area contributed by atoms with Crippen molar-refractivity contribution in [2.24, 2.45) is 0 Å². The van der Waals surface area contributed by atoms with Gasteiger partial charge in [0, 0.05) is 19.3 Å². The highest BCUT2D eigenvalue weighted by molar-refractivity contribution is 7.80. The van der Waals surface area contributed by atoms with Crippen LogP contribution in [-0.2, 0) is 4.79 Å². The van der Waals surface area contributed by atoms with Gasteiger partial charge in [-0.2, -0.15) is 12.6 Å². The summed E-state index contributed by atoms with van der Waals surface area (Å²) in [6.07, 6.45) is 0. The Hall–Kier alpha value is -0.220. The summed E-state index contributed by atoms with van der Waals surface area (Å²) in [6, 6.07) is 0. The zero-order chi connectivity index (χ0) is 7.11. The normalized spacial score (nSPS) is 9.11. The molecule has 0 atom stereocenters. The largest absolute Gasteiger partial charge is 0.358 e. The molecule has 1 amide bonds. The van der Waals surface area contributed by atoms with E-state index in [1.54, 1.807) is 7.05 Å². The van der Waals surface area contributed by atoms with Gasteiger partial charge < -0.3 is 10.6 Å². The number of hydrogen-bond acceptors (Lipinski definition) is 3. The van der Waals surface area contributed by atoms with E-state index < -0.39 is 0 Å². The van der Waals surface area contributed by atoms with E-state index in [1.807, 2.05) is 0 Å². The van der Waals surface area contributed by atoms with Crippen molar-refractivity contribution in [2.75, 3.05) is 25.9 Å². The van der Waals surface area contributed by atoms with E-state index in [0.29, 0.717) is 6.54 Å². The fourth-order valence-corrected chi connectivity index (χ4v) is 0.527. The fourth-order valence-electron chi connectivity index (χ4n) is 0.369. The van der Waals surface area contributed by atoms with Crippen molar-refractivity contribution < 1.29 is 4.79 Å². The van der Waals surface area contributed by atoms with Crippen LogP contribution < -0.4 is 10.6 Å². The van der Waals surface area contributed by atoms with Crippen molar-refractivity contribution in [3.8, 4) is 0 Å². The van der Waals surface area contributed by atoms with Gasteiger partial charge >= 0.3 is 0 Å². The first-order valence-corrected chi connectivity index (χ1v) is 3.46. The first-order chi connectivity index (χ1) is 4.31. The standard InChI is InChI=1S/C5H12N2OS/c1-6-5(8)4-7-2-3-9/h7,9H,2-4H2,1H3,(H,6,8). The number of carbonyl (C=O) groups is 1. The lowest BCUT2D eigenvalue weighted by atomic mass is 10.6. The summed E-state index contributed by atoms with van der Waals surface area (Å²) in [4.78, 5) is 10.5. The van der Waals surface area contributed by atoms with E-state index in [-0.39, 0.29) is 5.91 Å². The second kappa shape index (κ2) is 5.91. The molecule has 0 heterocycles. The molecule has 0 bridgehead atoms. The Morgan fingerprint density at radius 3 is 2.78 bits per heavy atom. The van der Waals surface area contributed by atoms with Crippen molar-refractivity contribution in [3.05, 3.63) is 0 Å². The third-order valence-corrected chi connectivity index (χ3v) is 1.08. The number of rotatable bonds is 4. The third-order valence-electron chi connectivity index (χ3n) is 0.853. The van der Waals surface area contributed by atoms with E-state index >= 15 is 0 Å². The maximum absolute atomic E-state index is 10.5. The molecule has 0 radical (unpaired) electrons. The van der Waals surface area contributed by atoms with Gasteiger partial charge in [0.25, 0.3) is 0 Å². The molecule has 0 aromatic rings. The highest BCUT2D eigenvalue weighted by Gasteiger charge is 1.92. The first-order valence-electron chi connectivity index (χ1n) is 2.83. The van der Waals surface area contributed by atoms with Gasteiger partial charge in [-0.15, -0.1) is 0 Å². The molecule has 0 aliphatic rings. The van der Waals surface area contributed by atoms with Crippen LogP contribution in [0.2, 0.25) is 0 Å². The molecular weight excluding hydrogens is 136 g/mol. The van der Waals surface area contributed by atoms with E-state index in [0.717, 1.165) is 12.3 Å². The molecule has 0 fully saturated rings. The lowest BCUT2D eigenvalue weighted by Gasteiger charge is -1.99. The molecular formula is C5H12N2OS. The molecule has 0 aromatic carbocycles. The number of nitrogens with one attached hydrogen (secondary N) is 2. The Labute approximate surface area is 60.6 Å². The van der Waals surface area contributed by atoms with Crippen LogP contribution in [0.4, 0.5) is 0 Å². The van der Waals surface area contributed by atoms with Crippen molar-refractivity contribution in [1.29, 1.82) is 0 Å². The third kappa shape index (κ3) is 5.65. The number of thiol groups is 1. The van der Waals surface area contributed by atoms with Gasteiger partial charge in [0.05, 0.1) is 6.54 Å². The van der Waals surface area contributed by atoms with E-state index in [9.17, 15) is 4.79 Å². The Balaban J connectivity index is 2.97. The van der Waals surface area contributed by atoms with Crippen molar-refractivity contribution in [1.82, 2.24) is 10.6 Å². The van der Waals surface area contributed by atoms with Crippen LogP contribution >= 0.6 is 12.6 Å². The highest BCUT2D eigenvalue weighted by atomic mass is 32.1. The van der Waals surface area contributed by atoms with E-state index in [2.05, 4.69) is 23.3 Å². The number of likely N-dealkylation sites (N-methyl/N-ethyl adjacent to an activating group) is 1. The average Bonchev–Trinajstić information content (AvgIpc) is 1.89. The Morgan fingerprint density at radius 2 is 2.33 bits per heavy atom. The minimum Gasteiger partial charge on any atom is -0.358 e. The quantitative estimate of drug-likeness (QED) is 0.363. The monoisotopic (exact) mass is 148 g/mol. The minimum absolute atomic E-state index is 0.0109. The second-order valence-electron chi connectivity index (χ2n) is 1.57. The Bertz CT molecular complexity index is 87.0. The average molecular weight is 148 g/mol. The van der Waals surface area contributed by atoms with Crippen LogP contribution in [0.3, 0.4) is 0 Å². The number of hydrogen-bond donors (Lipinski definition) is 3. The molecule has 2 N–H and O–H groups in total. The van der Waals surface area contributed by atoms with Crippen LogP contribution in [0.1, 0.15) is 0 Å². The summed E-state index contributed by atoms with van der Waals surface area (Å²) in [6.45, 7) is 1.16. The molecule has 0 saturated heterocycles. The van der Waals surface area contributed by atoms with Crippen LogP contribution in [-0.4, -0.2) is 31.8 Å². The summed E-state index contributed by atoms with van der Waals surface area (Å²) in [5.41, 5.74) is 0. The summed E-state index contributed by atoms with van der Waals surface area (Å²) in [7, 11) is 1.62. The van der Waals surface area contributed by atoms with Gasteiger partial charge in [0.2, 0.25) is 5.91 Å².